The highest BCUT2D eigenvalue weighted by Crippen LogP contribution is 2.28. The van der Waals surface area contributed by atoms with Crippen LogP contribution in [0.3, 0.4) is 0 Å². The van der Waals surface area contributed by atoms with Crippen molar-refractivity contribution < 1.29 is 5.11 Å². The van der Waals surface area contributed by atoms with Gasteiger partial charge < -0.3 is 15.3 Å². The standard InChI is InChI=1S/C16H27N3O/c1-4-8-17-13(3)14-6-5-9-18-16(14)19-10-7-12(2)15(20)11-19/h5-6,9,12-13,15,17,20H,4,7-8,10-11H2,1-3H3. The minimum Gasteiger partial charge on any atom is -0.391 e. The average Bonchev–Trinajstić information content (AvgIpc) is 2.47. The van der Waals surface area contributed by atoms with Crippen molar-refractivity contribution in [2.75, 3.05) is 24.5 Å². The molecule has 0 bridgehead atoms. The Morgan fingerprint density at radius 2 is 2.35 bits per heavy atom. The number of pyridine rings is 1. The minimum absolute atomic E-state index is 0.252. The summed E-state index contributed by atoms with van der Waals surface area (Å²) >= 11 is 0. The van der Waals surface area contributed by atoms with Crippen LogP contribution in [0.1, 0.15) is 45.2 Å². The van der Waals surface area contributed by atoms with Crippen LogP contribution >= 0.6 is 0 Å². The van der Waals surface area contributed by atoms with Gasteiger partial charge in [-0.2, -0.15) is 0 Å². The Morgan fingerprint density at radius 3 is 3.05 bits per heavy atom. The molecular formula is C16H27N3O. The Morgan fingerprint density at radius 1 is 1.55 bits per heavy atom. The molecule has 0 saturated carbocycles. The topological polar surface area (TPSA) is 48.4 Å². The Bertz CT molecular complexity index is 424. The van der Waals surface area contributed by atoms with Crippen LogP contribution < -0.4 is 10.2 Å². The van der Waals surface area contributed by atoms with E-state index in [4.69, 9.17) is 0 Å². The molecule has 2 rings (SSSR count). The molecule has 112 valence electrons. The summed E-state index contributed by atoms with van der Waals surface area (Å²) in [4.78, 5) is 6.79. The molecule has 2 N–H and O–H groups in total. The number of aliphatic hydroxyl groups excluding tert-OH is 1. The summed E-state index contributed by atoms with van der Waals surface area (Å²) in [5.74, 6) is 1.41. The van der Waals surface area contributed by atoms with E-state index in [-0.39, 0.29) is 12.1 Å². The summed E-state index contributed by atoms with van der Waals surface area (Å²) in [5.41, 5.74) is 1.22. The summed E-state index contributed by atoms with van der Waals surface area (Å²) in [7, 11) is 0. The molecular weight excluding hydrogens is 250 g/mol. The Labute approximate surface area is 122 Å². The average molecular weight is 277 g/mol. The number of hydrogen-bond acceptors (Lipinski definition) is 4. The third kappa shape index (κ3) is 3.49. The van der Waals surface area contributed by atoms with Crippen molar-refractivity contribution in [3.05, 3.63) is 23.9 Å². The van der Waals surface area contributed by atoms with Gasteiger partial charge in [0.05, 0.1) is 6.10 Å². The Hall–Kier alpha value is -1.13. The van der Waals surface area contributed by atoms with Crippen molar-refractivity contribution in [3.8, 4) is 0 Å². The van der Waals surface area contributed by atoms with E-state index < -0.39 is 0 Å². The Balaban J connectivity index is 2.15. The first kappa shape index (κ1) is 15.3. The predicted molar refractivity (Wildman–Crippen MR) is 82.9 cm³/mol. The van der Waals surface area contributed by atoms with E-state index in [9.17, 15) is 5.11 Å². The molecule has 3 unspecified atom stereocenters. The van der Waals surface area contributed by atoms with Gasteiger partial charge >= 0.3 is 0 Å². The predicted octanol–water partition coefficient (Wildman–Crippen LogP) is 2.35. The number of hydrogen-bond donors (Lipinski definition) is 2. The van der Waals surface area contributed by atoms with Gasteiger partial charge in [-0.3, -0.25) is 0 Å². The van der Waals surface area contributed by atoms with Crippen molar-refractivity contribution in [1.82, 2.24) is 10.3 Å². The van der Waals surface area contributed by atoms with Crippen LogP contribution in [-0.2, 0) is 0 Å². The molecule has 20 heavy (non-hydrogen) atoms. The zero-order valence-corrected chi connectivity index (χ0v) is 12.8. The lowest BCUT2D eigenvalue weighted by Gasteiger charge is -2.36. The number of β-amino-alcohol motifs (C(OH)–C–C–N with tert-alkyl or cyclic N) is 1. The van der Waals surface area contributed by atoms with Gasteiger partial charge in [0.2, 0.25) is 0 Å². The van der Waals surface area contributed by atoms with Crippen LogP contribution in [0.4, 0.5) is 5.82 Å². The van der Waals surface area contributed by atoms with E-state index in [1.165, 1.54) is 5.56 Å². The molecule has 3 atom stereocenters. The van der Waals surface area contributed by atoms with Gasteiger partial charge in [0, 0.05) is 30.9 Å². The van der Waals surface area contributed by atoms with Gasteiger partial charge in [-0.15, -0.1) is 0 Å². The van der Waals surface area contributed by atoms with Gasteiger partial charge in [0.25, 0.3) is 0 Å². The number of rotatable bonds is 5. The van der Waals surface area contributed by atoms with Gasteiger partial charge in [-0.25, -0.2) is 4.98 Å². The first-order chi connectivity index (χ1) is 9.63. The van der Waals surface area contributed by atoms with Crippen LogP contribution in [0.5, 0.6) is 0 Å². The minimum atomic E-state index is -0.252. The molecule has 2 heterocycles. The van der Waals surface area contributed by atoms with Crippen molar-refractivity contribution in [2.24, 2.45) is 5.92 Å². The highest BCUT2D eigenvalue weighted by molar-refractivity contribution is 5.48. The van der Waals surface area contributed by atoms with Crippen LogP contribution in [0.15, 0.2) is 18.3 Å². The fourth-order valence-corrected chi connectivity index (χ4v) is 2.72. The number of nitrogens with one attached hydrogen (secondary N) is 1. The second kappa shape index (κ2) is 7.04. The first-order valence-corrected chi connectivity index (χ1v) is 7.74. The molecule has 0 aromatic carbocycles. The molecule has 1 fully saturated rings. The van der Waals surface area contributed by atoms with E-state index in [0.717, 1.165) is 31.7 Å². The normalized spacial score (nSPS) is 24.7. The van der Waals surface area contributed by atoms with Gasteiger partial charge in [0.1, 0.15) is 5.82 Å². The van der Waals surface area contributed by atoms with E-state index in [1.807, 2.05) is 12.3 Å². The number of aromatic nitrogens is 1. The molecule has 1 aromatic rings. The van der Waals surface area contributed by atoms with Crippen LogP contribution in [-0.4, -0.2) is 35.8 Å². The van der Waals surface area contributed by atoms with E-state index in [0.29, 0.717) is 12.5 Å². The van der Waals surface area contributed by atoms with Gasteiger partial charge in [0.15, 0.2) is 0 Å². The molecule has 1 aliphatic heterocycles. The molecule has 0 aliphatic carbocycles. The smallest absolute Gasteiger partial charge is 0.133 e. The molecule has 1 saturated heterocycles. The number of aliphatic hydroxyl groups is 1. The van der Waals surface area contributed by atoms with Crippen molar-refractivity contribution >= 4 is 5.82 Å². The SMILES string of the molecule is CCCNC(C)c1cccnc1N1CCC(C)C(O)C1. The molecule has 1 aliphatic rings. The second-order valence-electron chi connectivity index (χ2n) is 5.87. The maximum absolute atomic E-state index is 10.1. The van der Waals surface area contributed by atoms with E-state index >= 15 is 0 Å². The summed E-state index contributed by atoms with van der Waals surface area (Å²) < 4.78 is 0. The van der Waals surface area contributed by atoms with Crippen molar-refractivity contribution in [3.63, 3.8) is 0 Å². The van der Waals surface area contributed by atoms with Crippen molar-refractivity contribution in [1.29, 1.82) is 0 Å². The molecule has 0 radical (unpaired) electrons. The van der Waals surface area contributed by atoms with Gasteiger partial charge in [-0.1, -0.05) is 19.9 Å². The zero-order chi connectivity index (χ0) is 14.5. The quantitative estimate of drug-likeness (QED) is 0.867. The largest absolute Gasteiger partial charge is 0.391 e. The lowest BCUT2D eigenvalue weighted by molar-refractivity contribution is 0.102. The second-order valence-corrected chi connectivity index (χ2v) is 5.87. The fourth-order valence-electron chi connectivity index (χ4n) is 2.72. The maximum Gasteiger partial charge on any atom is 0.133 e. The fraction of sp³-hybridized carbons (Fsp3) is 0.688. The monoisotopic (exact) mass is 277 g/mol. The first-order valence-electron chi connectivity index (χ1n) is 7.74. The molecule has 4 nitrogen and oxygen atoms in total. The van der Waals surface area contributed by atoms with Crippen molar-refractivity contribution in [2.45, 2.75) is 45.8 Å². The highest BCUT2D eigenvalue weighted by atomic mass is 16.3. The maximum atomic E-state index is 10.1. The summed E-state index contributed by atoms with van der Waals surface area (Å²) in [5, 5.41) is 13.6. The summed E-state index contributed by atoms with van der Waals surface area (Å²) in [6, 6.07) is 4.42. The third-order valence-corrected chi connectivity index (χ3v) is 4.20. The van der Waals surface area contributed by atoms with Crippen LogP contribution in [0.2, 0.25) is 0 Å². The Kier molecular flexibility index (Phi) is 5.38. The number of piperidine rings is 1. The highest BCUT2D eigenvalue weighted by Gasteiger charge is 2.27. The molecule has 4 heteroatoms. The lowest BCUT2D eigenvalue weighted by Crippen LogP contribution is -2.44. The lowest BCUT2D eigenvalue weighted by atomic mass is 9.95. The third-order valence-electron chi connectivity index (χ3n) is 4.20. The van der Waals surface area contributed by atoms with Gasteiger partial charge in [-0.05, 0) is 38.3 Å². The molecule has 1 aromatic heterocycles. The van der Waals surface area contributed by atoms with Crippen LogP contribution in [0.25, 0.3) is 0 Å². The summed E-state index contributed by atoms with van der Waals surface area (Å²) in [6.07, 6.45) is 3.74. The van der Waals surface area contributed by atoms with E-state index in [1.54, 1.807) is 0 Å². The van der Waals surface area contributed by atoms with Crippen LogP contribution in [0, 0.1) is 5.92 Å². The van der Waals surface area contributed by atoms with E-state index in [2.05, 4.69) is 42.0 Å². The zero-order valence-electron chi connectivity index (χ0n) is 12.8. The molecule has 0 amide bonds. The number of nitrogens with zero attached hydrogens (tertiary/aromatic N) is 2. The summed E-state index contributed by atoms with van der Waals surface area (Å²) in [6.45, 7) is 9.14. The molecule has 0 spiro atoms. The number of anilines is 1.